The van der Waals surface area contributed by atoms with Crippen molar-refractivity contribution < 1.29 is 4.74 Å². The van der Waals surface area contributed by atoms with Gasteiger partial charge in [0.1, 0.15) is 6.33 Å². The number of hydrogen-bond donors (Lipinski definition) is 1. The van der Waals surface area contributed by atoms with Crippen molar-refractivity contribution in [2.75, 3.05) is 13.7 Å². The summed E-state index contributed by atoms with van der Waals surface area (Å²) < 4.78 is 7.00. The van der Waals surface area contributed by atoms with Crippen LogP contribution < -0.4 is 5.73 Å². The molecule has 0 saturated carbocycles. The molecule has 0 radical (unpaired) electrons. The molecule has 0 bridgehead atoms. The van der Waals surface area contributed by atoms with Crippen LogP contribution in [0, 0.1) is 0 Å². The summed E-state index contributed by atoms with van der Waals surface area (Å²) in [4.78, 5) is 0. The molecule has 1 heterocycles. The van der Waals surface area contributed by atoms with E-state index in [0.717, 1.165) is 25.2 Å². The smallest absolute Gasteiger partial charge is 0.153 e. The molecule has 0 saturated heterocycles. The van der Waals surface area contributed by atoms with Gasteiger partial charge < -0.3 is 15.0 Å². The molecule has 1 aromatic heterocycles. The van der Waals surface area contributed by atoms with Crippen molar-refractivity contribution in [3.63, 3.8) is 0 Å². The molecule has 0 spiro atoms. The minimum Gasteiger partial charge on any atom is -0.383 e. The van der Waals surface area contributed by atoms with E-state index in [9.17, 15) is 0 Å². The van der Waals surface area contributed by atoms with E-state index in [0.29, 0.717) is 6.61 Å². The Bertz CT molecular complexity index is 293. The molecule has 0 aromatic carbocycles. The van der Waals surface area contributed by atoms with E-state index in [2.05, 4.69) is 24.0 Å². The summed E-state index contributed by atoms with van der Waals surface area (Å²) in [6, 6.07) is 0. The molecule has 1 aromatic rings. The Labute approximate surface area is 90.6 Å². The first kappa shape index (κ1) is 12.1. The first-order chi connectivity index (χ1) is 7.18. The predicted molar refractivity (Wildman–Crippen MR) is 58.3 cm³/mol. The maximum atomic E-state index is 6.27. The quantitative estimate of drug-likeness (QED) is 0.760. The SMILES string of the molecule is CCC(N)(CC)c1nncn1CCOC. The fraction of sp³-hybridized carbons (Fsp3) is 0.800. The second kappa shape index (κ2) is 5.23. The van der Waals surface area contributed by atoms with Crippen LogP contribution in [-0.4, -0.2) is 28.5 Å². The summed E-state index contributed by atoms with van der Waals surface area (Å²) >= 11 is 0. The summed E-state index contributed by atoms with van der Waals surface area (Å²) in [7, 11) is 1.68. The van der Waals surface area contributed by atoms with Gasteiger partial charge in [-0.1, -0.05) is 13.8 Å². The van der Waals surface area contributed by atoms with Gasteiger partial charge in [-0.25, -0.2) is 0 Å². The topological polar surface area (TPSA) is 66.0 Å². The summed E-state index contributed by atoms with van der Waals surface area (Å²) in [6.07, 6.45) is 3.42. The molecule has 0 aliphatic heterocycles. The van der Waals surface area contributed by atoms with Crippen LogP contribution in [0.15, 0.2) is 6.33 Å². The van der Waals surface area contributed by atoms with Gasteiger partial charge in [0.2, 0.25) is 0 Å². The zero-order valence-corrected chi connectivity index (χ0v) is 9.73. The Morgan fingerprint density at radius 1 is 1.47 bits per heavy atom. The van der Waals surface area contributed by atoms with Crippen LogP contribution in [0.5, 0.6) is 0 Å². The number of rotatable bonds is 6. The fourth-order valence-corrected chi connectivity index (χ4v) is 1.56. The van der Waals surface area contributed by atoms with Crippen molar-refractivity contribution in [1.82, 2.24) is 14.8 Å². The molecule has 0 atom stereocenters. The standard InChI is InChI=1S/C10H20N4O/c1-4-10(11,5-2)9-13-12-8-14(9)6-7-15-3/h8H,4-7,11H2,1-3H3. The highest BCUT2D eigenvalue weighted by atomic mass is 16.5. The molecule has 0 aliphatic carbocycles. The number of nitrogens with two attached hydrogens (primary N) is 1. The van der Waals surface area contributed by atoms with Crippen LogP contribution in [-0.2, 0) is 16.8 Å². The Balaban J connectivity index is 2.87. The first-order valence-electron chi connectivity index (χ1n) is 5.34. The maximum absolute atomic E-state index is 6.27. The largest absolute Gasteiger partial charge is 0.383 e. The van der Waals surface area contributed by atoms with Crippen molar-refractivity contribution >= 4 is 0 Å². The predicted octanol–water partition coefficient (Wildman–Crippen LogP) is 0.898. The molecule has 86 valence electrons. The summed E-state index contributed by atoms with van der Waals surface area (Å²) in [6.45, 7) is 5.53. The molecule has 0 amide bonds. The second-order valence-electron chi connectivity index (χ2n) is 3.70. The van der Waals surface area contributed by atoms with Crippen molar-refractivity contribution in [1.29, 1.82) is 0 Å². The summed E-state index contributed by atoms with van der Waals surface area (Å²) in [5.41, 5.74) is 5.90. The first-order valence-corrected chi connectivity index (χ1v) is 5.34. The van der Waals surface area contributed by atoms with Gasteiger partial charge in [0, 0.05) is 13.7 Å². The van der Waals surface area contributed by atoms with E-state index in [1.54, 1.807) is 13.4 Å². The lowest BCUT2D eigenvalue weighted by Crippen LogP contribution is -2.38. The molecular weight excluding hydrogens is 192 g/mol. The maximum Gasteiger partial charge on any atom is 0.153 e. The number of aromatic nitrogens is 3. The van der Waals surface area contributed by atoms with Gasteiger partial charge in [0.05, 0.1) is 12.1 Å². The van der Waals surface area contributed by atoms with Crippen LogP contribution in [0.2, 0.25) is 0 Å². The zero-order valence-electron chi connectivity index (χ0n) is 9.73. The Hall–Kier alpha value is -0.940. The van der Waals surface area contributed by atoms with Gasteiger partial charge in [-0.2, -0.15) is 0 Å². The number of methoxy groups -OCH3 is 1. The van der Waals surface area contributed by atoms with Crippen molar-refractivity contribution in [2.45, 2.75) is 38.8 Å². The Morgan fingerprint density at radius 2 is 2.13 bits per heavy atom. The Morgan fingerprint density at radius 3 is 2.67 bits per heavy atom. The number of nitrogens with zero attached hydrogens (tertiary/aromatic N) is 3. The van der Waals surface area contributed by atoms with Gasteiger partial charge in [0.15, 0.2) is 5.82 Å². The molecule has 5 nitrogen and oxygen atoms in total. The highest BCUT2D eigenvalue weighted by Gasteiger charge is 2.28. The average Bonchev–Trinajstić information content (AvgIpc) is 2.74. The third-order valence-corrected chi connectivity index (χ3v) is 2.86. The van der Waals surface area contributed by atoms with Crippen LogP contribution >= 0.6 is 0 Å². The van der Waals surface area contributed by atoms with Gasteiger partial charge in [-0.15, -0.1) is 10.2 Å². The Kier molecular flexibility index (Phi) is 4.23. The zero-order chi connectivity index (χ0) is 11.3. The number of ether oxygens (including phenoxy) is 1. The lowest BCUT2D eigenvalue weighted by Gasteiger charge is -2.25. The van der Waals surface area contributed by atoms with Crippen molar-refractivity contribution in [3.8, 4) is 0 Å². The lowest BCUT2D eigenvalue weighted by atomic mass is 9.93. The third kappa shape index (κ3) is 2.54. The summed E-state index contributed by atoms with van der Waals surface area (Å²) in [5, 5.41) is 8.03. The second-order valence-corrected chi connectivity index (χ2v) is 3.70. The highest BCUT2D eigenvalue weighted by molar-refractivity contribution is 5.04. The van der Waals surface area contributed by atoms with Gasteiger partial charge >= 0.3 is 0 Å². The highest BCUT2D eigenvalue weighted by Crippen LogP contribution is 2.23. The van der Waals surface area contributed by atoms with E-state index in [1.165, 1.54) is 0 Å². The molecule has 15 heavy (non-hydrogen) atoms. The van der Waals surface area contributed by atoms with Crippen LogP contribution in [0.4, 0.5) is 0 Å². The average molecular weight is 212 g/mol. The van der Waals surface area contributed by atoms with Crippen LogP contribution in [0.1, 0.15) is 32.5 Å². The van der Waals surface area contributed by atoms with Gasteiger partial charge in [0.25, 0.3) is 0 Å². The van der Waals surface area contributed by atoms with Crippen LogP contribution in [0.3, 0.4) is 0 Å². The minimum atomic E-state index is -0.371. The molecule has 0 unspecified atom stereocenters. The molecule has 0 aliphatic rings. The number of hydrogen-bond acceptors (Lipinski definition) is 4. The van der Waals surface area contributed by atoms with Gasteiger partial charge in [-0.05, 0) is 12.8 Å². The normalized spacial score (nSPS) is 12.0. The summed E-state index contributed by atoms with van der Waals surface area (Å²) in [5.74, 6) is 0.851. The third-order valence-electron chi connectivity index (χ3n) is 2.86. The van der Waals surface area contributed by atoms with E-state index in [4.69, 9.17) is 10.5 Å². The van der Waals surface area contributed by atoms with E-state index in [-0.39, 0.29) is 5.54 Å². The van der Waals surface area contributed by atoms with Crippen molar-refractivity contribution in [3.05, 3.63) is 12.2 Å². The van der Waals surface area contributed by atoms with E-state index < -0.39 is 0 Å². The molecule has 0 fully saturated rings. The molecule has 1 rings (SSSR count). The molecule has 5 heteroatoms. The van der Waals surface area contributed by atoms with Crippen LogP contribution in [0.25, 0.3) is 0 Å². The monoisotopic (exact) mass is 212 g/mol. The van der Waals surface area contributed by atoms with E-state index in [1.807, 2.05) is 4.57 Å². The molecule has 2 N–H and O–H groups in total. The fourth-order valence-electron chi connectivity index (χ4n) is 1.56. The lowest BCUT2D eigenvalue weighted by molar-refractivity contribution is 0.183. The minimum absolute atomic E-state index is 0.371. The van der Waals surface area contributed by atoms with Crippen molar-refractivity contribution in [2.24, 2.45) is 5.73 Å². The van der Waals surface area contributed by atoms with E-state index >= 15 is 0 Å². The molecular formula is C10H20N4O. The van der Waals surface area contributed by atoms with Gasteiger partial charge in [-0.3, -0.25) is 0 Å².